The van der Waals surface area contributed by atoms with Crippen LogP contribution < -0.4 is 5.32 Å². The van der Waals surface area contributed by atoms with Crippen molar-refractivity contribution in [1.29, 1.82) is 0 Å². The highest BCUT2D eigenvalue weighted by Crippen LogP contribution is 2.09. The molecule has 1 rings (SSSR count). The van der Waals surface area contributed by atoms with Gasteiger partial charge in [0.05, 0.1) is 0 Å². The maximum Gasteiger partial charge on any atom is 0.132 e. The van der Waals surface area contributed by atoms with Gasteiger partial charge in [-0.25, -0.2) is 0 Å². The second kappa shape index (κ2) is 13.8. The first-order valence-electron chi connectivity index (χ1n) is 10.3. The van der Waals surface area contributed by atoms with Crippen molar-refractivity contribution in [3.63, 3.8) is 0 Å². The summed E-state index contributed by atoms with van der Waals surface area (Å²) in [7, 11) is 0. The van der Waals surface area contributed by atoms with Gasteiger partial charge in [-0.05, 0) is 38.9 Å². The minimum atomic E-state index is 0.424. The first-order valence-corrected chi connectivity index (χ1v) is 10.3. The van der Waals surface area contributed by atoms with E-state index in [1.54, 1.807) is 0 Å². The largest absolute Gasteiger partial charge is 0.314 e. The Labute approximate surface area is 150 Å². The number of carbonyl (C=O) groups is 1. The number of nitrogens with one attached hydrogen (secondary N) is 1. The third kappa shape index (κ3) is 11.2. The molecule has 0 aliphatic carbocycles. The Bertz CT molecular complexity index is 312. The van der Waals surface area contributed by atoms with Gasteiger partial charge in [-0.15, -0.1) is 0 Å². The molecule has 142 valence electrons. The topological polar surface area (TPSA) is 35.6 Å². The van der Waals surface area contributed by atoms with Crippen molar-refractivity contribution in [3.8, 4) is 0 Å². The quantitative estimate of drug-likeness (QED) is 0.493. The first-order chi connectivity index (χ1) is 11.6. The first kappa shape index (κ1) is 21.6. The van der Waals surface area contributed by atoms with Crippen LogP contribution in [0, 0.1) is 0 Å². The zero-order valence-electron chi connectivity index (χ0n) is 16.5. The molecular weight excluding hydrogens is 298 g/mol. The Morgan fingerprint density at radius 3 is 2.00 bits per heavy atom. The summed E-state index contributed by atoms with van der Waals surface area (Å²) in [5.41, 5.74) is 0. The normalized spacial score (nSPS) is 16.8. The molecule has 0 atom stereocenters. The van der Waals surface area contributed by atoms with Gasteiger partial charge in [-0.1, -0.05) is 40.0 Å². The molecule has 1 heterocycles. The second-order valence-electron chi connectivity index (χ2n) is 7.56. The SMILES string of the molecule is CCC(=O)CCCCCCCN1CCN(CCCNC(C)C)CC1. The van der Waals surface area contributed by atoms with E-state index in [9.17, 15) is 4.79 Å². The summed E-state index contributed by atoms with van der Waals surface area (Å²) in [6.45, 7) is 15.0. The van der Waals surface area contributed by atoms with Crippen molar-refractivity contribution in [2.75, 3.05) is 45.8 Å². The molecule has 0 unspecified atom stereocenters. The van der Waals surface area contributed by atoms with E-state index in [-0.39, 0.29) is 0 Å². The number of hydrogen-bond donors (Lipinski definition) is 1. The lowest BCUT2D eigenvalue weighted by Crippen LogP contribution is -2.47. The smallest absolute Gasteiger partial charge is 0.132 e. The lowest BCUT2D eigenvalue weighted by molar-refractivity contribution is -0.118. The van der Waals surface area contributed by atoms with E-state index in [2.05, 4.69) is 29.0 Å². The molecule has 1 N–H and O–H groups in total. The summed E-state index contributed by atoms with van der Waals surface area (Å²) in [5.74, 6) is 0.424. The van der Waals surface area contributed by atoms with Crippen molar-refractivity contribution in [1.82, 2.24) is 15.1 Å². The van der Waals surface area contributed by atoms with Crippen LogP contribution in [0.5, 0.6) is 0 Å². The number of ketones is 1. The molecule has 0 aromatic heterocycles. The molecule has 1 aliphatic rings. The van der Waals surface area contributed by atoms with Crippen LogP contribution in [0.1, 0.15) is 72.1 Å². The van der Waals surface area contributed by atoms with E-state index in [0.717, 1.165) is 19.4 Å². The minimum Gasteiger partial charge on any atom is -0.314 e. The van der Waals surface area contributed by atoms with Gasteiger partial charge in [0.1, 0.15) is 5.78 Å². The van der Waals surface area contributed by atoms with Crippen molar-refractivity contribution < 1.29 is 4.79 Å². The Morgan fingerprint density at radius 2 is 1.42 bits per heavy atom. The maximum atomic E-state index is 11.2. The summed E-state index contributed by atoms with van der Waals surface area (Å²) < 4.78 is 0. The molecule has 4 nitrogen and oxygen atoms in total. The molecule has 0 radical (unpaired) electrons. The summed E-state index contributed by atoms with van der Waals surface area (Å²) in [4.78, 5) is 16.5. The standard InChI is InChI=1S/C20H41N3O/c1-4-20(24)11-8-6-5-7-9-13-22-15-17-23(18-16-22)14-10-12-21-19(2)3/h19,21H,4-18H2,1-3H3. The number of piperazine rings is 1. The highest BCUT2D eigenvalue weighted by atomic mass is 16.1. The van der Waals surface area contributed by atoms with Gasteiger partial charge in [-0.2, -0.15) is 0 Å². The van der Waals surface area contributed by atoms with Crippen LogP contribution >= 0.6 is 0 Å². The molecule has 24 heavy (non-hydrogen) atoms. The van der Waals surface area contributed by atoms with E-state index in [4.69, 9.17) is 0 Å². The van der Waals surface area contributed by atoms with Crippen LogP contribution in [-0.2, 0) is 4.79 Å². The van der Waals surface area contributed by atoms with E-state index in [1.807, 2.05) is 6.92 Å². The number of carbonyl (C=O) groups excluding carboxylic acids is 1. The van der Waals surface area contributed by atoms with Crippen molar-refractivity contribution >= 4 is 5.78 Å². The third-order valence-corrected chi connectivity index (χ3v) is 4.99. The van der Waals surface area contributed by atoms with E-state index < -0.39 is 0 Å². The molecule has 0 aromatic rings. The molecule has 0 aromatic carbocycles. The van der Waals surface area contributed by atoms with Crippen LogP contribution in [0.4, 0.5) is 0 Å². The average Bonchev–Trinajstić information content (AvgIpc) is 2.58. The second-order valence-corrected chi connectivity index (χ2v) is 7.56. The van der Waals surface area contributed by atoms with Gasteiger partial charge in [0.25, 0.3) is 0 Å². The van der Waals surface area contributed by atoms with Crippen molar-refractivity contribution in [2.45, 2.75) is 78.2 Å². The van der Waals surface area contributed by atoms with Crippen molar-refractivity contribution in [3.05, 3.63) is 0 Å². The van der Waals surface area contributed by atoms with Crippen molar-refractivity contribution in [2.24, 2.45) is 0 Å². The van der Waals surface area contributed by atoms with Gasteiger partial charge in [0.2, 0.25) is 0 Å². The Balaban J connectivity index is 1.90. The fourth-order valence-corrected chi connectivity index (χ4v) is 3.29. The average molecular weight is 340 g/mol. The predicted molar refractivity (Wildman–Crippen MR) is 104 cm³/mol. The van der Waals surface area contributed by atoms with Crippen LogP contribution in [0.2, 0.25) is 0 Å². The van der Waals surface area contributed by atoms with Crippen LogP contribution in [0.25, 0.3) is 0 Å². The molecule has 1 fully saturated rings. The number of hydrogen-bond acceptors (Lipinski definition) is 4. The summed E-state index contributed by atoms with van der Waals surface area (Å²) >= 11 is 0. The summed E-state index contributed by atoms with van der Waals surface area (Å²) in [5, 5.41) is 3.50. The van der Waals surface area contributed by atoms with Gasteiger partial charge in [0.15, 0.2) is 0 Å². The van der Waals surface area contributed by atoms with Gasteiger partial charge in [-0.3, -0.25) is 4.79 Å². The lowest BCUT2D eigenvalue weighted by atomic mass is 10.1. The third-order valence-electron chi connectivity index (χ3n) is 4.99. The number of nitrogens with zero attached hydrogens (tertiary/aromatic N) is 2. The fraction of sp³-hybridized carbons (Fsp3) is 0.950. The molecule has 0 spiro atoms. The Morgan fingerprint density at radius 1 is 0.875 bits per heavy atom. The highest BCUT2D eigenvalue weighted by Gasteiger charge is 2.15. The molecular formula is C20H41N3O. The molecule has 4 heteroatoms. The monoisotopic (exact) mass is 339 g/mol. The Hall–Kier alpha value is -0.450. The van der Waals surface area contributed by atoms with Gasteiger partial charge < -0.3 is 15.1 Å². The molecule has 1 aliphatic heterocycles. The number of Topliss-reactive ketones (excluding diaryl/α,β-unsaturated/α-hetero) is 1. The van der Waals surface area contributed by atoms with E-state index in [0.29, 0.717) is 18.2 Å². The van der Waals surface area contributed by atoms with Gasteiger partial charge in [0, 0.05) is 45.1 Å². The number of rotatable bonds is 14. The van der Waals surface area contributed by atoms with Crippen LogP contribution in [0.3, 0.4) is 0 Å². The van der Waals surface area contributed by atoms with Gasteiger partial charge >= 0.3 is 0 Å². The zero-order chi connectivity index (χ0) is 17.6. The molecule has 0 bridgehead atoms. The highest BCUT2D eigenvalue weighted by molar-refractivity contribution is 5.77. The lowest BCUT2D eigenvalue weighted by Gasteiger charge is -2.34. The fourth-order valence-electron chi connectivity index (χ4n) is 3.29. The summed E-state index contributed by atoms with van der Waals surface area (Å²) in [6.07, 6.45) is 9.02. The predicted octanol–water partition coefficient (Wildman–Crippen LogP) is 3.31. The molecule has 0 amide bonds. The van der Waals surface area contributed by atoms with Crippen LogP contribution in [0.15, 0.2) is 0 Å². The molecule has 1 saturated heterocycles. The van der Waals surface area contributed by atoms with E-state index in [1.165, 1.54) is 71.4 Å². The van der Waals surface area contributed by atoms with Crippen LogP contribution in [-0.4, -0.2) is 67.4 Å². The maximum absolute atomic E-state index is 11.2. The number of unbranched alkanes of at least 4 members (excludes halogenated alkanes) is 4. The molecule has 0 saturated carbocycles. The zero-order valence-corrected chi connectivity index (χ0v) is 16.5. The van der Waals surface area contributed by atoms with E-state index >= 15 is 0 Å². The Kier molecular flexibility index (Phi) is 12.4. The summed E-state index contributed by atoms with van der Waals surface area (Å²) in [6, 6.07) is 0.606. The minimum absolute atomic E-state index is 0.424.